The second-order valence-corrected chi connectivity index (χ2v) is 5.44. The highest BCUT2D eigenvalue weighted by Gasteiger charge is 2.23. The number of anilines is 1. The van der Waals surface area contributed by atoms with E-state index in [1.54, 1.807) is 14.0 Å². The van der Waals surface area contributed by atoms with Gasteiger partial charge >= 0.3 is 0 Å². The molecule has 3 heterocycles. The Labute approximate surface area is 128 Å². The van der Waals surface area contributed by atoms with Gasteiger partial charge in [0.2, 0.25) is 5.88 Å². The quantitative estimate of drug-likeness (QED) is 0.900. The van der Waals surface area contributed by atoms with Gasteiger partial charge in [0.05, 0.1) is 25.5 Å². The van der Waals surface area contributed by atoms with Crippen LogP contribution in [0.15, 0.2) is 18.6 Å². The molecule has 1 aliphatic rings. The van der Waals surface area contributed by atoms with Crippen LogP contribution in [0.1, 0.15) is 37.6 Å². The lowest BCUT2D eigenvalue weighted by Gasteiger charge is -2.32. The van der Waals surface area contributed by atoms with Crippen LogP contribution in [0.25, 0.3) is 0 Å². The minimum Gasteiger partial charge on any atom is -0.481 e. The minimum atomic E-state index is -0.581. The van der Waals surface area contributed by atoms with E-state index >= 15 is 0 Å². The molecule has 0 aromatic carbocycles. The Bertz CT molecular complexity index is 621. The fourth-order valence-electron chi connectivity index (χ4n) is 2.63. The lowest BCUT2D eigenvalue weighted by atomic mass is 10.1. The second kappa shape index (κ2) is 6.27. The maximum Gasteiger partial charge on any atom is 0.218 e. The summed E-state index contributed by atoms with van der Waals surface area (Å²) in [5.41, 5.74) is 0.614. The minimum absolute atomic E-state index is 0.306. The number of rotatable bonds is 4. The van der Waals surface area contributed by atoms with Gasteiger partial charge in [-0.3, -0.25) is 0 Å². The maximum atomic E-state index is 9.53. The smallest absolute Gasteiger partial charge is 0.218 e. The highest BCUT2D eigenvalue weighted by Crippen LogP contribution is 2.26. The van der Waals surface area contributed by atoms with Crippen molar-refractivity contribution >= 4 is 5.82 Å². The van der Waals surface area contributed by atoms with Gasteiger partial charge in [-0.2, -0.15) is 0 Å². The van der Waals surface area contributed by atoms with E-state index in [-0.39, 0.29) is 0 Å². The van der Waals surface area contributed by atoms with Gasteiger partial charge in [0.1, 0.15) is 17.8 Å². The number of nitrogens with zero attached hydrogens (tertiary/aromatic N) is 6. The van der Waals surface area contributed by atoms with Gasteiger partial charge in [0.15, 0.2) is 0 Å². The SMILES string of the molecule is COc1cc(N2CCC(n3cc([C@H](C)O)nn3)CC2)ncn1. The molecule has 118 valence electrons. The van der Waals surface area contributed by atoms with E-state index in [9.17, 15) is 5.11 Å². The lowest BCUT2D eigenvalue weighted by Crippen LogP contribution is -2.35. The Balaban J connectivity index is 1.64. The first kappa shape index (κ1) is 14.7. The van der Waals surface area contributed by atoms with Crippen LogP contribution in [-0.2, 0) is 0 Å². The third-order valence-electron chi connectivity index (χ3n) is 3.96. The summed E-state index contributed by atoms with van der Waals surface area (Å²) in [4.78, 5) is 10.5. The van der Waals surface area contributed by atoms with E-state index in [1.165, 1.54) is 6.33 Å². The normalized spacial score (nSPS) is 17.5. The van der Waals surface area contributed by atoms with E-state index in [0.717, 1.165) is 31.7 Å². The Morgan fingerprint density at radius 2 is 2.09 bits per heavy atom. The Morgan fingerprint density at radius 3 is 2.73 bits per heavy atom. The fourth-order valence-corrected chi connectivity index (χ4v) is 2.63. The Kier molecular flexibility index (Phi) is 4.19. The first-order chi connectivity index (χ1) is 10.7. The molecular weight excluding hydrogens is 284 g/mol. The summed E-state index contributed by atoms with van der Waals surface area (Å²) < 4.78 is 7.00. The molecule has 0 bridgehead atoms. The molecule has 0 radical (unpaired) electrons. The van der Waals surface area contributed by atoms with Crippen LogP contribution >= 0.6 is 0 Å². The molecule has 0 aliphatic carbocycles. The average Bonchev–Trinajstić information content (AvgIpc) is 3.05. The van der Waals surface area contributed by atoms with E-state index in [4.69, 9.17) is 4.74 Å². The van der Waals surface area contributed by atoms with Crippen molar-refractivity contribution in [1.29, 1.82) is 0 Å². The number of methoxy groups -OCH3 is 1. The monoisotopic (exact) mass is 304 g/mol. The topological polar surface area (TPSA) is 89.2 Å². The van der Waals surface area contributed by atoms with Gasteiger partial charge in [-0.05, 0) is 19.8 Å². The van der Waals surface area contributed by atoms with Crippen molar-refractivity contribution in [2.24, 2.45) is 0 Å². The van der Waals surface area contributed by atoms with Gasteiger partial charge < -0.3 is 14.7 Å². The van der Waals surface area contributed by atoms with E-state index < -0.39 is 6.10 Å². The van der Waals surface area contributed by atoms with Gasteiger partial charge in [-0.25, -0.2) is 14.6 Å². The molecule has 0 unspecified atom stereocenters. The van der Waals surface area contributed by atoms with Crippen molar-refractivity contribution in [2.75, 3.05) is 25.1 Å². The summed E-state index contributed by atoms with van der Waals surface area (Å²) >= 11 is 0. The molecular formula is C14H20N6O2. The van der Waals surface area contributed by atoms with Crippen LogP contribution in [0.3, 0.4) is 0 Å². The molecule has 1 atom stereocenters. The number of aliphatic hydroxyl groups excluding tert-OH is 1. The highest BCUT2D eigenvalue weighted by molar-refractivity contribution is 5.41. The standard InChI is InChI=1S/C14H20N6O2/c1-10(21)12-8-20(18-17-12)11-3-5-19(6-4-11)13-7-14(22-2)16-9-15-13/h7-11,21H,3-6H2,1-2H3/t10-/m0/s1. The summed E-state index contributed by atoms with van der Waals surface area (Å²) in [6.07, 6.45) is 4.68. The number of ether oxygens (including phenoxy) is 1. The van der Waals surface area contributed by atoms with Crippen LogP contribution in [0.2, 0.25) is 0 Å². The number of aliphatic hydroxyl groups is 1. The molecule has 0 spiro atoms. The second-order valence-electron chi connectivity index (χ2n) is 5.44. The Morgan fingerprint density at radius 1 is 1.32 bits per heavy atom. The number of hydrogen-bond donors (Lipinski definition) is 1. The predicted molar refractivity (Wildman–Crippen MR) is 79.7 cm³/mol. The molecule has 8 nitrogen and oxygen atoms in total. The van der Waals surface area contributed by atoms with E-state index in [1.807, 2.05) is 16.9 Å². The summed E-state index contributed by atoms with van der Waals surface area (Å²) in [5, 5.41) is 17.7. The highest BCUT2D eigenvalue weighted by atomic mass is 16.5. The summed E-state index contributed by atoms with van der Waals surface area (Å²) in [5.74, 6) is 1.46. The van der Waals surface area contributed by atoms with Crippen molar-refractivity contribution in [1.82, 2.24) is 25.0 Å². The third-order valence-corrected chi connectivity index (χ3v) is 3.96. The van der Waals surface area contributed by atoms with Crippen LogP contribution in [0.4, 0.5) is 5.82 Å². The number of hydrogen-bond acceptors (Lipinski definition) is 7. The zero-order valence-electron chi connectivity index (χ0n) is 12.8. The van der Waals surface area contributed by atoms with Gasteiger partial charge in [0.25, 0.3) is 0 Å². The van der Waals surface area contributed by atoms with Crippen LogP contribution in [-0.4, -0.2) is 50.3 Å². The van der Waals surface area contributed by atoms with Crippen molar-refractivity contribution < 1.29 is 9.84 Å². The fraction of sp³-hybridized carbons (Fsp3) is 0.571. The molecule has 2 aromatic rings. The molecule has 3 rings (SSSR count). The Hall–Kier alpha value is -2.22. The van der Waals surface area contributed by atoms with Crippen LogP contribution in [0, 0.1) is 0 Å². The molecule has 8 heteroatoms. The van der Waals surface area contributed by atoms with Crippen LogP contribution in [0.5, 0.6) is 5.88 Å². The van der Waals surface area contributed by atoms with Gasteiger partial charge in [0, 0.05) is 19.2 Å². The molecule has 0 amide bonds. The first-order valence-corrected chi connectivity index (χ1v) is 7.38. The largest absolute Gasteiger partial charge is 0.481 e. The lowest BCUT2D eigenvalue weighted by molar-refractivity contribution is 0.194. The zero-order chi connectivity index (χ0) is 15.5. The van der Waals surface area contributed by atoms with Crippen molar-refractivity contribution in [2.45, 2.75) is 31.9 Å². The van der Waals surface area contributed by atoms with Crippen LogP contribution < -0.4 is 9.64 Å². The molecule has 2 aromatic heterocycles. The number of aromatic nitrogens is 5. The molecule has 1 fully saturated rings. The van der Waals surface area contributed by atoms with Crippen molar-refractivity contribution in [3.8, 4) is 5.88 Å². The van der Waals surface area contributed by atoms with E-state index in [0.29, 0.717) is 17.6 Å². The van der Waals surface area contributed by atoms with E-state index in [2.05, 4.69) is 25.2 Å². The molecule has 22 heavy (non-hydrogen) atoms. The average molecular weight is 304 g/mol. The van der Waals surface area contributed by atoms with Crippen molar-refractivity contribution in [3.63, 3.8) is 0 Å². The van der Waals surface area contributed by atoms with Gasteiger partial charge in [-0.1, -0.05) is 5.21 Å². The third kappa shape index (κ3) is 3.01. The predicted octanol–water partition coefficient (Wildman–Crippen LogP) is 0.971. The zero-order valence-corrected chi connectivity index (χ0v) is 12.8. The maximum absolute atomic E-state index is 9.53. The molecule has 1 N–H and O–H groups in total. The summed E-state index contributed by atoms with van der Waals surface area (Å²) in [7, 11) is 1.60. The molecule has 0 saturated carbocycles. The summed E-state index contributed by atoms with van der Waals surface area (Å²) in [6.45, 7) is 3.46. The molecule has 1 saturated heterocycles. The molecule has 1 aliphatic heterocycles. The summed E-state index contributed by atoms with van der Waals surface area (Å²) in [6, 6.07) is 2.15. The van der Waals surface area contributed by atoms with Gasteiger partial charge in [-0.15, -0.1) is 5.10 Å². The number of piperidine rings is 1. The van der Waals surface area contributed by atoms with Crippen molar-refractivity contribution in [3.05, 3.63) is 24.3 Å². The first-order valence-electron chi connectivity index (χ1n) is 7.38.